The molecule has 0 amide bonds. The molecule has 0 aromatic carbocycles. The van der Waals surface area contributed by atoms with Gasteiger partial charge in [0, 0.05) is 0 Å². The molecule has 4 saturated carbocycles. The predicted octanol–water partition coefficient (Wildman–Crippen LogP) is 3.49. The van der Waals surface area contributed by atoms with E-state index in [2.05, 4.69) is 13.8 Å². The highest BCUT2D eigenvalue weighted by Crippen LogP contribution is 2.66. The van der Waals surface area contributed by atoms with Crippen molar-refractivity contribution in [2.75, 3.05) is 0 Å². The number of hydrogen-bond acceptors (Lipinski definition) is 3. The number of fused-ring (bicyclic) bond motifs is 5. The van der Waals surface area contributed by atoms with E-state index in [1.165, 1.54) is 12.0 Å². The molecule has 0 aromatic heterocycles. The summed E-state index contributed by atoms with van der Waals surface area (Å²) in [7, 11) is 0. The zero-order valence-corrected chi connectivity index (χ0v) is 15.1. The molecular formula is C21H32O3. The Morgan fingerprint density at radius 2 is 1.75 bits per heavy atom. The number of carbonyl (C=O) groups is 1. The van der Waals surface area contributed by atoms with Gasteiger partial charge in [-0.3, -0.25) is 4.79 Å². The van der Waals surface area contributed by atoms with Crippen molar-refractivity contribution in [1.82, 2.24) is 0 Å². The normalized spacial score (nSPS) is 55.6. The lowest BCUT2D eigenvalue weighted by molar-refractivity contribution is -0.156. The summed E-state index contributed by atoms with van der Waals surface area (Å²) in [5.41, 5.74) is 1.49. The Bertz CT molecular complexity index is 555. The lowest BCUT2D eigenvalue weighted by Crippen LogP contribution is -2.57. The van der Waals surface area contributed by atoms with Crippen molar-refractivity contribution in [3.05, 3.63) is 11.6 Å². The molecular weight excluding hydrogens is 300 g/mol. The fourth-order valence-electron chi connectivity index (χ4n) is 7.37. The molecule has 3 heteroatoms. The van der Waals surface area contributed by atoms with E-state index in [1.807, 2.05) is 0 Å². The van der Waals surface area contributed by atoms with Crippen LogP contribution >= 0.6 is 0 Å². The van der Waals surface area contributed by atoms with Gasteiger partial charge in [0.25, 0.3) is 0 Å². The summed E-state index contributed by atoms with van der Waals surface area (Å²) in [6.45, 7) is 4.70. The average molecular weight is 332 g/mol. The van der Waals surface area contributed by atoms with Crippen molar-refractivity contribution in [3.8, 4) is 0 Å². The van der Waals surface area contributed by atoms with Crippen LogP contribution < -0.4 is 0 Å². The van der Waals surface area contributed by atoms with Crippen LogP contribution in [0.1, 0.15) is 65.2 Å². The van der Waals surface area contributed by atoms with Crippen molar-refractivity contribution in [2.45, 2.75) is 77.4 Å². The SMILES string of the molecule is CC12CCC3C(CC(O)C4CC(=CC=O)CCC43C)C1CCC2O. The standard InChI is InChI=1S/C21H32O3/c1-20-8-5-13(7-10-22)11-17(20)18(23)12-14-15-3-4-19(24)21(15,2)9-6-16(14)20/h7,10,14-19,23-24H,3-6,8-9,11-12H2,1-2H3. The lowest BCUT2D eigenvalue weighted by Gasteiger charge is -2.61. The first kappa shape index (κ1) is 16.8. The largest absolute Gasteiger partial charge is 0.393 e. The molecule has 4 aliphatic carbocycles. The van der Waals surface area contributed by atoms with Gasteiger partial charge in [0.05, 0.1) is 12.2 Å². The number of aliphatic hydroxyl groups is 2. The predicted molar refractivity (Wildman–Crippen MR) is 93.3 cm³/mol. The minimum absolute atomic E-state index is 0.0708. The van der Waals surface area contributed by atoms with Crippen molar-refractivity contribution < 1.29 is 15.0 Å². The smallest absolute Gasteiger partial charge is 0.142 e. The summed E-state index contributed by atoms with van der Waals surface area (Å²) >= 11 is 0. The maximum atomic E-state index is 11.0. The van der Waals surface area contributed by atoms with Crippen LogP contribution in [0.3, 0.4) is 0 Å². The monoisotopic (exact) mass is 332 g/mol. The molecule has 4 rings (SSSR count). The molecule has 2 N–H and O–H groups in total. The van der Waals surface area contributed by atoms with Crippen molar-refractivity contribution in [1.29, 1.82) is 0 Å². The van der Waals surface area contributed by atoms with E-state index < -0.39 is 0 Å². The Hall–Kier alpha value is -0.670. The third-order valence-corrected chi connectivity index (χ3v) is 8.83. The van der Waals surface area contributed by atoms with E-state index in [0.717, 1.165) is 51.2 Å². The minimum Gasteiger partial charge on any atom is -0.393 e. The van der Waals surface area contributed by atoms with Crippen LogP contribution in [0.5, 0.6) is 0 Å². The minimum atomic E-state index is -0.258. The van der Waals surface area contributed by atoms with Crippen molar-refractivity contribution >= 4 is 6.29 Å². The number of allylic oxidation sites excluding steroid dienone is 2. The Kier molecular flexibility index (Phi) is 3.96. The number of carbonyl (C=O) groups excluding carboxylic acids is 1. The first-order valence-corrected chi connectivity index (χ1v) is 9.89. The Balaban J connectivity index is 1.64. The fourth-order valence-corrected chi connectivity index (χ4v) is 7.37. The van der Waals surface area contributed by atoms with Gasteiger partial charge >= 0.3 is 0 Å². The number of rotatable bonds is 1. The summed E-state index contributed by atoms with van der Waals surface area (Å²) in [6, 6.07) is 0. The topological polar surface area (TPSA) is 57.5 Å². The molecule has 134 valence electrons. The van der Waals surface area contributed by atoms with Gasteiger partial charge in [-0.25, -0.2) is 0 Å². The molecule has 0 aromatic rings. The number of hydrogen-bond donors (Lipinski definition) is 2. The second kappa shape index (κ2) is 5.67. The van der Waals surface area contributed by atoms with E-state index in [4.69, 9.17) is 0 Å². The highest BCUT2D eigenvalue weighted by molar-refractivity contribution is 5.66. The molecule has 3 nitrogen and oxygen atoms in total. The van der Waals surface area contributed by atoms with Gasteiger partial charge in [-0.1, -0.05) is 19.4 Å². The second-order valence-electron chi connectivity index (χ2n) is 9.59. The molecule has 0 heterocycles. The highest BCUT2D eigenvalue weighted by Gasteiger charge is 2.61. The summed E-state index contributed by atoms with van der Waals surface area (Å²) in [6.07, 6.45) is 10.5. The molecule has 0 aliphatic heterocycles. The van der Waals surface area contributed by atoms with Crippen LogP contribution in [0.2, 0.25) is 0 Å². The highest BCUT2D eigenvalue weighted by atomic mass is 16.3. The molecule has 4 aliphatic rings. The number of aliphatic hydroxyl groups excluding tert-OH is 2. The summed E-state index contributed by atoms with van der Waals surface area (Å²) in [5, 5.41) is 21.5. The zero-order chi connectivity index (χ0) is 17.1. The van der Waals surface area contributed by atoms with Gasteiger partial charge in [0.2, 0.25) is 0 Å². The van der Waals surface area contributed by atoms with Gasteiger partial charge in [0.15, 0.2) is 0 Å². The molecule has 0 spiro atoms. The summed E-state index contributed by atoms with van der Waals surface area (Å²) < 4.78 is 0. The van der Waals surface area contributed by atoms with E-state index in [9.17, 15) is 15.0 Å². The van der Waals surface area contributed by atoms with E-state index >= 15 is 0 Å². The molecule has 4 fully saturated rings. The van der Waals surface area contributed by atoms with Crippen LogP contribution in [0.15, 0.2) is 11.6 Å². The molecule has 8 unspecified atom stereocenters. The molecule has 8 atom stereocenters. The van der Waals surface area contributed by atoms with Gasteiger partial charge in [0.1, 0.15) is 6.29 Å². The maximum absolute atomic E-state index is 11.0. The van der Waals surface area contributed by atoms with Gasteiger partial charge in [-0.2, -0.15) is 0 Å². The average Bonchev–Trinajstić information content (AvgIpc) is 2.85. The quantitative estimate of drug-likeness (QED) is 0.571. The van der Waals surface area contributed by atoms with Gasteiger partial charge in [-0.15, -0.1) is 0 Å². The third kappa shape index (κ3) is 2.20. The molecule has 0 saturated heterocycles. The van der Waals surface area contributed by atoms with Gasteiger partial charge in [-0.05, 0) is 91.9 Å². The molecule has 0 bridgehead atoms. The summed E-state index contributed by atoms with van der Waals surface area (Å²) in [5.74, 6) is 2.11. The zero-order valence-electron chi connectivity index (χ0n) is 15.1. The number of aldehydes is 1. The van der Waals surface area contributed by atoms with Crippen LogP contribution in [-0.2, 0) is 4.79 Å². The summed E-state index contributed by atoms with van der Waals surface area (Å²) in [4.78, 5) is 10.9. The van der Waals surface area contributed by atoms with E-state index in [0.29, 0.717) is 23.7 Å². The third-order valence-electron chi connectivity index (χ3n) is 8.83. The van der Waals surface area contributed by atoms with Crippen LogP contribution in [0.4, 0.5) is 0 Å². The maximum Gasteiger partial charge on any atom is 0.142 e. The van der Waals surface area contributed by atoms with Crippen molar-refractivity contribution in [2.24, 2.45) is 34.5 Å². The lowest BCUT2D eigenvalue weighted by atomic mass is 9.44. The molecule has 0 radical (unpaired) electrons. The van der Waals surface area contributed by atoms with E-state index in [1.54, 1.807) is 6.08 Å². The molecule has 24 heavy (non-hydrogen) atoms. The van der Waals surface area contributed by atoms with Crippen LogP contribution in [0, 0.1) is 34.5 Å². The van der Waals surface area contributed by atoms with Gasteiger partial charge < -0.3 is 10.2 Å². The van der Waals surface area contributed by atoms with Crippen molar-refractivity contribution in [3.63, 3.8) is 0 Å². The fraction of sp³-hybridized carbons (Fsp3) is 0.857. The Morgan fingerprint density at radius 1 is 1.00 bits per heavy atom. The first-order valence-electron chi connectivity index (χ1n) is 9.89. The van der Waals surface area contributed by atoms with Crippen LogP contribution in [0.25, 0.3) is 0 Å². The van der Waals surface area contributed by atoms with E-state index in [-0.39, 0.29) is 23.0 Å². The second-order valence-corrected chi connectivity index (χ2v) is 9.59. The first-order chi connectivity index (χ1) is 11.4. The van der Waals surface area contributed by atoms with Crippen LogP contribution in [-0.4, -0.2) is 28.7 Å². The Labute approximate surface area is 145 Å². The Morgan fingerprint density at radius 3 is 2.50 bits per heavy atom.